The Hall–Kier alpha value is -14.1. The number of para-hydroxylation sites is 2. The second-order valence-corrected chi connectivity index (χ2v) is 28.4. The Balaban J connectivity index is 0.000000142. The van der Waals surface area contributed by atoms with Gasteiger partial charge < -0.3 is 14.8 Å². The third kappa shape index (κ3) is 15.1. The van der Waals surface area contributed by atoms with E-state index in [1.165, 1.54) is 137 Å². The minimum Gasteiger partial charge on any atom is -0.310 e. The first-order valence-corrected chi connectivity index (χ1v) is 38.6. The molecule has 0 bridgehead atoms. The normalized spacial score (nSPS) is 11.0. The maximum Gasteiger partial charge on any atom is 0.0540 e. The van der Waals surface area contributed by atoms with E-state index in [1.54, 1.807) is 0 Å². The summed E-state index contributed by atoms with van der Waals surface area (Å²) in [5.41, 5.74) is 27.1. The van der Waals surface area contributed by atoms with Gasteiger partial charge in [-0.05, 0) is 237 Å². The Morgan fingerprint density at radius 2 is 0.491 bits per heavy atom. The van der Waals surface area contributed by atoms with Gasteiger partial charge in [0.25, 0.3) is 0 Å². The van der Waals surface area contributed by atoms with E-state index < -0.39 is 0 Å². The quantitative estimate of drug-likeness (QED) is 0.0799. The van der Waals surface area contributed by atoms with Crippen molar-refractivity contribution in [3.63, 3.8) is 0 Å². The summed E-state index contributed by atoms with van der Waals surface area (Å²) in [4.78, 5) is 9.01. The summed E-state index contributed by atoms with van der Waals surface area (Å²) in [6.45, 7) is 2.06. The van der Waals surface area contributed by atoms with Crippen molar-refractivity contribution in [2.75, 3.05) is 9.80 Å². The molecule has 4 heteroatoms. The van der Waals surface area contributed by atoms with Gasteiger partial charge in [-0.2, -0.15) is 0 Å². The van der Waals surface area contributed by atoms with Crippen LogP contribution >= 0.6 is 0 Å². The fourth-order valence-electron chi connectivity index (χ4n) is 16.0. The van der Waals surface area contributed by atoms with Crippen molar-refractivity contribution in [1.82, 2.24) is 4.98 Å². The predicted molar refractivity (Wildman–Crippen MR) is 481 cm³/mol. The molecule has 19 aromatic carbocycles. The topological polar surface area (TPSA) is 19.4 Å². The molecule has 0 unspecified atom stereocenters. The van der Waals surface area contributed by atoms with E-state index in [9.17, 15) is 0 Å². The standard InChI is InChI=1S/C54H36.C44H32N2.C12H10N.Ir/c1-7-19-37(20-8-1)43-31-49-50(32-44(43)38-21-9-2-10-22-38)52-34-46(40-25-13-4-14-26-40)48(42-29-17-6-18-30-42)36-54(52)53-35-47(41-27-15-5-16-28-41)45(33-51(49)53)39-23-11-3-12-24-39;1-3-17-37(18-4-1)45(43-23-11-15-35-13-7-9-21-41(35)43)39-29-25-33(26-30-39)34-27-31-40(32-28-34)46(38-19-5-2-6-20-38)44-24-12-16-36-14-8-10-22-42(36)44;1-10-6-5-9-13-12(10)11-7-3-2-4-8-11;/h1-36H;1-32H;2-7,9H,1H3;/q;;-1;. The van der Waals surface area contributed by atoms with Crippen LogP contribution in [-0.4, -0.2) is 4.98 Å². The van der Waals surface area contributed by atoms with Gasteiger partial charge in [-0.15, -0.1) is 35.9 Å². The van der Waals surface area contributed by atoms with E-state index in [-0.39, 0.29) is 20.1 Å². The van der Waals surface area contributed by atoms with Gasteiger partial charge in [-0.25, -0.2) is 0 Å². The van der Waals surface area contributed by atoms with Crippen molar-refractivity contribution < 1.29 is 20.1 Å². The molecular weight excluding hydrogens is 1560 g/mol. The van der Waals surface area contributed by atoms with Gasteiger partial charge in [-0.1, -0.05) is 327 Å². The van der Waals surface area contributed by atoms with Crippen LogP contribution in [0.25, 0.3) is 143 Å². The number of hydrogen-bond acceptors (Lipinski definition) is 3. The number of rotatable bonds is 14. The van der Waals surface area contributed by atoms with Gasteiger partial charge in [0.1, 0.15) is 0 Å². The Morgan fingerprint density at radius 1 is 0.219 bits per heavy atom. The van der Waals surface area contributed by atoms with Gasteiger partial charge in [0, 0.05) is 59.8 Å². The molecule has 0 N–H and O–H groups in total. The van der Waals surface area contributed by atoms with E-state index in [0.29, 0.717) is 0 Å². The molecule has 0 spiro atoms. The van der Waals surface area contributed by atoms with Crippen molar-refractivity contribution >= 4 is 88.0 Å². The fourth-order valence-corrected chi connectivity index (χ4v) is 16.0. The van der Waals surface area contributed by atoms with Crippen LogP contribution in [0, 0.1) is 13.0 Å². The van der Waals surface area contributed by atoms with Gasteiger partial charge >= 0.3 is 0 Å². The molecule has 114 heavy (non-hydrogen) atoms. The van der Waals surface area contributed by atoms with Crippen LogP contribution in [0.2, 0.25) is 0 Å². The third-order valence-corrected chi connectivity index (χ3v) is 21.5. The predicted octanol–water partition coefficient (Wildman–Crippen LogP) is 30.6. The second kappa shape index (κ2) is 33.6. The molecule has 0 atom stereocenters. The number of nitrogens with zero attached hydrogens (tertiary/aromatic N) is 3. The molecule has 0 saturated heterocycles. The summed E-state index contributed by atoms with van der Waals surface area (Å²) in [5, 5.41) is 12.4. The number of hydrogen-bond donors (Lipinski definition) is 0. The van der Waals surface area contributed by atoms with Gasteiger partial charge in [0.15, 0.2) is 0 Å². The molecule has 3 nitrogen and oxygen atoms in total. The molecule has 543 valence electrons. The maximum absolute atomic E-state index is 4.32. The van der Waals surface area contributed by atoms with E-state index >= 15 is 0 Å². The van der Waals surface area contributed by atoms with E-state index in [0.717, 1.165) is 45.4 Å². The molecule has 0 aliphatic rings. The van der Waals surface area contributed by atoms with Crippen molar-refractivity contribution in [1.29, 1.82) is 0 Å². The minimum atomic E-state index is 0. The molecule has 1 heterocycles. The molecule has 0 fully saturated rings. The summed E-state index contributed by atoms with van der Waals surface area (Å²) in [5.74, 6) is 0. The zero-order valence-corrected chi connectivity index (χ0v) is 65.4. The van der Waals surface area contributed by atoms with Crippen LogP contribution in [0.4, 0.5) is 34.1 Å². The van der Waals surface area contributed by atoms with Crippen LogP contribution in [0.1, 0.15) is 5.56 Å². The van der Waals surface area contributed by atoms with Crippen LogP contribution in [0.5, 0.6) is 0 Å². The molecule has 0 saturated carbocycles. The summed E-state index contributed by atoms with van der Waals surface area (Å²) in [7, 11) is 0. The van der Waals surface area contributed by atoms with Crippen LogP contribution in [0.3, 0.4) is 0 Å². The Labute approximate surface area is 680 Å². The smallest absolute Gasteiger partial charge is 0.0540 e. The molecule has 0 aliphatic heterocycles. The SMILES string of the molecule is Cc1cccnc1-c1[c-]cccc1.[Ir].c1ccc(-c2cc3c4cc(-c5ccccc5)c(-c5ccccc5)cc4c4cc(-c5ccccc5)c(-c5ccccc5)cc4c3cc2-c2ccccc2)cc1.c1ccc(N(c2ccc(-c3ccc(N(c4ccccc4)c4cccc5ccccc45)cc3)cc2)c2cccc3ccccc23)cc1. The summed E-state index contributed by atoms with van der Waals surface area (Å²) in [6.07, 6.45) is 1.81. The second-order valence-electron chi connectivity index (χ2n) is 28.4. The van der Waals surface area contributed by atoms with Crippen LogP contribution < -0.4 is 9.80 Å². The Morgan fingerprint density at radius 3 is 0.789 bits per heavy atom. The van der Waals surface area contributed by atoms with E-state index in [2.05, 4.69) is 446 Å². The largest absolute Gasteiger partial charge is 0.310 e. The van der Waals surface area contributed by atoms with E-state index in [1.807, 2.05) is 36.5 Å². The Bertz CT molecular complexity index is 5940. The average Bonchev–Trinajstić information content (AvgIpc) is 0.714. The maximum atomic E-state index is 4.32. The zero-order chi connectivity index (χ0) is 75.7. The monoisotopic (exact) mass is 1630 g/mol. The molecule has 1 radical (unpaired) electrons. The molecular formula is C110H78IrN3-. The summed E-state index contributed by atoms with van der Waals surface area (Å²) >= 11 is 0. The summed E-state index contributed by atoms with van der Waals surface area (Å²) < 4.78 is 0. The summed E-state index contributed by atoms with van der Waals surface area (Å²) in [6, 6.07) is 164. The third-order valence-electron chi connectivity index (χ3n) is 21.5. The number of anilines is 6. The first-order valence-electron chi connectivity index (χ1n) is 38.6. The molecule has 0 aliphatic carbocycles. The van der Waals surface area contributed by atoms with Gasteiger partial charge in [0.05, 0.1) is 11.4 Å². The first kappa shape index (κ1) is 72.7. The zero-order valence-electron chi connectivity index (χ0n) is 63.0. The van der Waals surface area contributed by atoms with Crippen LogP contribution in [0.15, 0.2) is 455 Å². The number of benzene rings is 19. The number of fused-ring (bicyclic) bond motifs is 8. The van der Waals surface area contributed by atoms with Gasteiger partial charge in [0.2, 0.25) is 0 Å². The Kier molecular flexibility index (Phi) is 21.4. The van der Waals surface area contributed by atoms with Crippen molar-refractivity contribution in [2.24, 2.45) is 0 Å². The minimum absolute atomic E-state index is 0. The van der Waals surface area contributed by atoms with Gasteiger partial charge in [-0.3, -0.25) is 0 Å². The molecule has 20 aromatic rings. The molecule has 0 amide bonds. The van der Waals surface area contributed by atoms with Crippen molar-refractivity contribution in [3.8, 4) is 89.1 Å². The molecule has 20 rings (SSSR count). The molecule has 1 aromatic heterocycles. The first-order chi connectivity index (χ1) is 56.0. The number of aryl methyl sites for hydroxylation is 1. The van der Waals surface area contributed by atoms with Crippen molar-refractivity contribution in [3.05, 3.63) is 467 Å². The fraction of sp³-hybridized carbons (Fsp3) is 0.00909. The number of aromatic nitrogens is 1. The van der Waals surface area contributed by atoms with Crippen molar-refractivity contribution in [2.45, 2.75) is 6.92 Å². The van der Waals surface area contributed by atoms with Crippen LogP contribution in [-0.2, 0) is 20.1 Å². The van der Waals surface area contributed by atoms with E-state index in [4.69, 9.17) is 0 Å². The average molecular weight is 1630 g/mol. The number of pyridine rings is 1.